The van der Waals surface area contributed by atoms with Crippen molar-refractivity contribution in [2.45, 2.75) is 25.8 Å². The minimum Gasteiger partial charge on any atom is -0.371 e. The predicted molar refractivity (Wildman–Crippen MR) is 73.4 cm³/mol. The van der Waals surface area contributed by atoms with E-state index in [0.717, 1.165) is 25.2 Å². The molecule has 1 aromatic carbocycles. The van der Waals surface area contributed by atoms with Crippen molar-refractivity contribution in [1.82, 2.24) is 5.32 Å². The van der Waals surface area contributed by atoms with Gasteiger partial charge in [0.05, 0.1) is 0 Å². The maximum atomic E-state index is 11.9. The van der Waals surface area contributed by atoms with Gasteiger partial charge in [0.2, 0.25) is 5.91 Å². The Morgan fingerprint density at radius 2 is 2.11 bits per heavy atom. The summed E-state index contributed by atoms with van der Waals surface area (Å²) in [5.41, 5.74) is 7.16. The number of rotatable bonds is 3. The molecular weight excluding hydrogens is 226 g/mol. The number of aryl methyl sites for hydroxylation is 1. The predicted octanol–water partition coefficient (Wildman–Crippen LogP) is 1.26. The summed E-state index contributed by atoms with van der Waals surface area (Å²) in [7, 11) is 0. The highest BCUT2D eigenvalue weighted by Gasteiger charge is 2.43. The van der Waals surface area contributed by atoms with Gasteiger partial charge in [0.1, 0.15) is 5.54 Å². The van der Waals surface area contributed by atoms with Crippen LogP contribution in [0.15, 0.2) is 24.3 Å². The Morgan fingerprint density at radius 1 is 1.44 bits per heavy atom. The minimum atomic E-state index is -0.638. The second-order valence-electron chi connectivity index (χ2n) is 5.18. The van der Waals surface area contributed by atoms with E-state index >= 15 is 0 Å². The Balaban J connectivity index is 2.25. The van der Waals surface area contributed by atoms with Crippen LogP contribution in [0.1, 0.15) is 18.9 Å². The van der Waals surface area contributed by atoms with E-state index in [4.69, 9.17) is 5.73 Å². The van der Waals surface area contributed by atoms with Crippen LogP contribution in [0.5, 0.6) is 0 Å². The first-order valence-electron chi connectivity index (χ1n) is 6.40. The molecule has 1 amide bonds. The van der Waals surface area contributed by atoms with Crippen LogP contribution in [0.2, 0.25) is 0 Å². The number of hydrogen-bond donors (Lipinski definition) is 3. The second-order valence-corrected chi connectivity index (χ2v) is 5.18. The molecule has 4 nitrogen and oxygen atoms in total. The third kappa shape index (κ3) is 2.34. The molecule has 0 bridgehead atoms. The zero-order valence-corrected chi connectivity index (χ0v) is 11.0. The second kappa shape index (κ2) is 4.98. The monoisotopic (exact) mass is 247 g/mol. The number of primary amides is 1. The van der Waals surface area contributed by atoms with E-state index in [0.29, 0.717) is 0 Å². The first kappa shape index (κ1) is 12.9. The molecule has 18 heavy (non-hydrogen) atoms. The lowest BCUT2D eigenvalue weighted by atomic mass is 9.78. The number of nitrogens with one attached hydrogen (secondary N) is 2. The summed E-state index contributed by atoms with van der Waals surface area (Å²) < 4.78 is 0. The van der Waals surface area contributed by atoms with E-state index in [1.165, 1.54) is 5.56 Å². The van der Waals surface area contributed by atoms with Crippen molar-refractivity contribution in [2.75, 3.05) is 18.4 Å². The highest BCUT2D eigenvalue weighted by atomic mass is 16.1. The molecule has 0 saturated carbocycles. The number of nitrogens with two attached hydrogens (primary N) is 1. The van der Waals surface area contributed by atoms with Gasteiger partial charge in [-0.3, -0.25) is 4.79 Å². The van der Waals surface area contributed by atoms with E-state index in [9.17, 15) is 4.79 Å². The number of carbonyl (C=O) groups is 1. The average Bonchev–Trinajstić information content (AvgIpc) is 2.35. The van der Waals surface area contributed by atoms with Gasteiger partial charge in [-0.25, -0.2) is 0 Å². The highest BCUT2D eigenvalue weighted by Crippen LogP contribution is 2.28. The molecule has 1 aliphatic heterocycles. The van der Waals surface area contributed by atoms with Crippen LogP contribution in [0, 0.1) is 12.8 Å². The van der Waals surface area contributed by atoms with Crippen LogP contribution in [0.4, 0.5) is 5.69 Å². The molecule has 0 aromatic heterocycles. The molecule has 0 spiro atoms. The Bertz CT molecular complexity index is 429. The lowest BCUT2D eigenvalue weighted by Gasteiger charge is -2.41. The Morgan fingerprint density at radius 3 is 2.67 bits per heavy atom. The molecular formula is C14H21N3O. The smallest absolute Gasteiger partial charge is 0.243 e. The molecule has 1 aromatic rings. The summed E-state index contributed by atoms with van der Waals surface area (Å²) in [6, 6.07) is 8.05. The number of piperidine rings is 1. The van der Waals surface area contributed by atoms with Gasteiger partial charge in [0.25, 0.3) is 0 Å². The normalized spacial score (nSPS) is 27.8. The highest BCUT2D eigenvalue weighted by molar-refractivity contribution is 5.88. The molecule has 2 atom stereocenters. The fraction of sp³-hybridized carbons (Fsp3) is 0.500. The van der Waals surface area contributed by atoms with Crippen molar-refractivity contribution in [2.24, 2.45) is 11.7 Å². The van der Waals surface area contributed by atoms with Gasteiger partial charge in [-0.15, -0.1) is 0 Å². The summed E-state index contributed by atoms with van der Waals surface area (Å²) >= 11 is 0. The average molecular weight is 247 g/mol. The van der Waals surface area contributed by atoms with E-state index < -0.39 is 5.54 Å². The fourth-order valence-corrected chi connectivity index (χ4v) is 2.53. The topological polar surface area (TPSA) is 67.1 Å². The summed E-state index contributed by atoms with van der Waals surface area (Å²) in [5.74, 6) is -0.0953. The first-order chi connectivity index (χ1) is 8.54. The number of amides is 1. The van der Waals surface area contributed by atoms with Crippen LogP contribution in [-0.2, 0) is 4.79 Å². The summed E-state index contributed by atoms with van der Waals surface area (Å²) in [6.45, 7) is 5.72. The van der Waals surface area contributed by atoms with Crippen molar-refractivity contribution in [3.05, 3.63) is 29.8 Å². The van der Waals surface area contributed by atoms with Gasteiger partial charge in [0.15, 0.2) is 0 Å². The molecule has 4 heteroatoms. The summed E-state index contributed by atoms with van der Waals surface area (Å²) in [5, 5.41) is 6.65. The quantitative estimate of drug-likeness (QED) is 0.753. The number of hydrogen-bond acceptors (Lipinski definition) is 3. The van der Waals surface area contributed by atoms with Crippen LogP contribution in [0.3, 0.4) is 0 Å². The molecule has 1 heterocycles. The molecule has 0 aliphatic carbocycles. The molecule has 1 fully saturated rings. The fourth-order valence-electron chi connectivity index (χ4n) is 2.53. The number of anilines is 1. The van der Waals surface area contributed by atoms with E-state index in [1.807, 2.05) is 31.2 Å². The molecule has 2 rings (SSSR count). The maximum Gasteiger partial charge on any atom is 0.243 e. The van der Waals surface area contributed by atoms with Crippen molar-refractivity contribution < 1.29 is 4.79 Å². The van der Waals surface area contributed by atoms with Crippen molar-refractivity contribution in [1.29, 1.82) is 0 Å². The zero-order chi connectivity index (χ0) is 13.2. The lowest BCUT2D eigenvalue weighted by molar-refractivity contribution is -0.124. The van der Waals surface area contributed by atoms with Gasteiger partial charge in [-0.1, -0.05) is 24.6 Å². The van der Waals surface area contributed by atoms with Gasteiger partial charge < -0.3 is 16.4 Å². The van der Waals surface area contributed by atoms with E-state index in [1.54, 1.807) is 0 Å². The standard InChI is InChI=1S/C14H21N3O/c1-10-3-5-12(6-4-10)17-14(13(15)18)7-8-16-9-11(14)2/h3-6,11,16-17H,7-9H2,1-2H3,(H2,15,18). The third-order valence-corrected chi connectivity index (χ3v) is 3.85. The van der Waals surface area contributed by atoms with Crippen molar-refractivity contribution in [3.8, 4) is 0 Å². The first-order valence-corrected chi connectivity index (χ1v) is 6.40. The third-order valence-electron chi connectivity index (χ3n) is 3.85. The van der Waals surface area contributed by atoms with Gasteiger partial charge in [-0.05, 0) is 32.0 Å². The Hall–Kier alpha value is -1.55. The van der Waals surface area contributed by atoms with Crippen molar-refractivity contribution in [3.63, 3.8) is 0 Å². The molecule has 1 saturated heterocycles. The van der Waals surface area contributed by atoms with Crippen LogP contribution >= 0.6 is 0 Å². The molecule has 0 radical (unpaired) electrons. The largest absolute Gasteiger partial charge is 0.371 e. The van der Waals surface area contributed by atoms with Crippen LogP contribution < -0.4 is 16.4 Å². The Labute approximate surface area is 108 Å². The van der Waals surface area contributed by atoms with E-state index in [-0.39, 0.29) is 11.8 Å². The molecule has 98 valence electrons. The molecule has 4 N–H and O–H groups in total. The van der Waals surface area contributed by atoms with Crippen LogP contribution in [0.25, 0.3) is 0 Å². The maximum absolute atomic E-state index is 11.9. The van der Waals surface area contributed by atoms with Gasteiger partial charge in [-0.2, -0.15) is 0 Å². The van der Waals surface area contributed by atoms with Crippen molar-refractivity contribution >= 4 is 11.6 Å². The number of benzene rings is 1. The summed E-state index contributed by atoms with van der Waals surface area (Å²) in [6.07, 6.45) is 0.720. The Kier molecular flexibility index (Phi) is 3.57. The zero-order valence-electron chi connectivity index (χ0n) is 11.0. The van der Waals surface area contributed by atoms with Gasteiger partial charge >= 0.3 is 0 Å². The van der Waals surface area contributed by atoms with Gasteiger partial charge in [0, 0.05) is 18.2 Å². The number of carbonyl (C=O) groups excluding carboxylic acids is 1. The lowest BCUT2D eigenvalue weighted by Crippen LogP contribution is -2.61. The van der Waals surface area contributed by atoms with E-state index in [2.05, 4.69) is 17.6 Å². The molecule has 1 aliphatic rings. The molecule has 2 unspecified atom stereocenters. The minimum absolute atomic E-state index is 0.171. The summed E-state index contributed by atoms with van der Waals surface area (Å²) in [4.78, 5) is 11.9. The SMILES string of the molecule is Cc1ccc(NC2(C(N)=O)CCNCC2C)cc1. The van der Waals surface area contributed by atoms with Crippen LogP contribution in [-0.4, -0.2) is 24.5 Å².